The van der Waals surface area contributed by atoms with Gasteiger partial charge in [-0.25, -0.2) is 0 Å². The van der Waals surface area contributed by atoms with Crippen LogP contribution in [0, 0.1) is 4.77 Å². The minimum absolute atomic E-state index is 0.634. The fourth-order valence-corrected chi connectivity index (χ4v) is 3.16. The number of aromatic nitrogens is 2. The highest BCUT2D eigenvalue weighted by Crippen LogP contribution is 2.30. The number of imidazole rings is 1. The van der Waals surface area contributed by atoms with Crippen molar-refractivity contribution in [2.24, 2.45) is 0 Å². The zero-order chi connectivity index (χ0) is 14.3. The maximum absolute atomic E-state index is 5.45. The largest absolute Gasteiger partial charge is 0.495 e. The second kappa shape index (κ2) is 5.35. The standard InChI is InChI=1S/C14H10Br2N2OS/c1-19-13-5-3-9(16)7-12(13)18-11-6-8(15)2-4-10(11)17-14(18)20/h2-7H,1H3,(H,17,20). The van der Waals surface area contributed by atoms with Crippen LogP contribution in [0.4, 0.5) is 0 Å². The predicted octanol–water partition coefficient (Wildman–Crippen LogP) is 5.22. The SMILES string of the molecule is COc1ccc(Br)cc1-n1c(=S)[nH]c2ccc(Br)cc21. The van der Waals surface area contributed by atoms with Crippen LogP contribution in [0.25, 0.3) is 16.7 Å². The van der Waals surface area contributed by atoms with Gasteiger partial charge in [0.1, 0.15) is 5.75 Å². The van der Waals surface area contributed by atoms with E-state index in [9.17, 15) is 0 Å². The highest BCUT2D eigenvalue weighted by Gasteiger charge is 2.12. The van der Waals surface area contributed by atoms with Crippen LogP contribution in [-0.2, 0) is 0 Å². The monoisotopic (exact) mass is 412 g/mol. The van der Waals surface area contributed by atoms with Crippen LogP contribution in [0.3, 0.4) is 0 Å². The molecule has 2 aromatic carbocycles. The van der Waals surface area contributed by atoms with Crippen LogP contribution in [-0.4, -0.2) is 16.7 Å². The van der Waals surface area contributed by atoms with Crippen LogP contribution in [0.15, 0.2) is 45.3 Å². The van der Waals surface area contributed by atoms with E-state index in [1.54, 1.807) is 7.11 Å². The molecule has 3 nitrogen and oxygen atoms in total. The molecule has 20 heavy (non-hydrogen) atoms. The van der Waals surface area contributed by atoms with Crippen LogP contribution in [0.1, 0.15) is 0 Å². The van der Waals surface area contributed by atoms with Crippen LogP contribution in [0.2, 0.25) is 0 Å². The molecule has 102 valence electrons. The summed E-state index contributed by atoms with van der Waals surface area (Å²) in [7, 11) is 1.65. The average molecular weight is 414 g/mol. The lowest BCUT2D eigenvalue weighted by atomic mass is 10.2. The number of ether oxygens (including phenoxy) is 1. The molecule has 0 radical (unpaired) electrons. The normalized spacial score (nSPS) is 10.9. The Morgan fingerprint density at radius 2 is 1.80 bits per heavy atom. The first-order valence-corrected chi connectivity index (χ1v) is 7.84. The Morgan fingerprint density at radius 3 is 2.55 bits per heavy atom. The molecule has 3 aromatic rings. The molecule has 1 heterocycles. The Kier molecular flexibility index (Phi) is 3.70. The zero-order valence-corrected chi connectivity index (χ0v) is 14.5. The summed E-state index contributed by atoms with van der Waals surface area (Å²) in [5.74, 6) is 0.769. The van der Waals surface area contributed by atoms with E-state index in [1.165, 1.54) is 0 Å². The first kappa shape index (κ1) is 13.9. The zero-order valence-electron chi connectivity index (χ0n) is 10.5. The summed E-state index contributed by atoms with van der Waals surface area (Å²) >= 11 is 12.4. The number of nitrogens with one attached hydrogen (secondary N) is 1. The maximum atomic E-state index is 5.45. The number of hydrogen-bond donors (Lipinski definition) is 1. The second-order valence-electron chi connectivity index (χ2n) is 4.24. The topological polar surface area (TPSA) is 29.9 Å². The molecule has 0 saturated carbocycles. The van der Waals surface area contributed by atoms with Crippen molar-refractivity contribution in [3.8, 4) is 11.4 Å². The summed E-state index contributed by atoms with van der Waals surface area (Å²) in [6.07, 6.45) is 0. The quantitative estimate of drug-likeness (QED) is 0.583. The van der Waals surface area contributed by atoms with E-state index in [1.807, 2.05) is 41.0 Å². The Labute approximate surface area is 137 Å². The number of benzene rings is 2. The third-order valence-corrected chi connectivity index (χ3v) is 4.30. The number of halogens is 2. The van der Waals surface area contributed by atoms with Crippen LogP contribution < -0.4 is 4.74 Å². The van der Waals surface area contributed by atoms with E-state index in [4.69, 9.17) is 17.0 Å². The lowest BCUT2D eigenvalue weighted by molar-refractivity contribution is 0.413. The van der Waals surface area contributed by atoms with E-state index < -0.39 is 0 Å². The van der Waals surface area contributed by atoms with Crippen molar-refractivity contribution in [2.45, 2.75) is 0 Å². The van der Waals surface area contributed by atoms with E-state index in [0.29, 0.717) is 4.77 Å². The van der Waals surface area contributed by atoms with Gasteiger partial charge in [-0.15, -0.1) is 0 Å². The van der Waals surface area contributed by atoms with Gasteiger partial charge < -0.3 is 9.72 Å². The van der Waals surface area contributed by atoms with Gasteiger partial charge in [-0.05, 0) is 48.6 Å². The van der Waals surface area contributed by atoms with Gasteiger partial charge in [-0.3, -0.25) is 4.57 Å². The summed E-state index contributed by atoms with van der Waals surface area (Å²) < 4.78 is 10.0. The Bertz CT molecular complexity index is 854. The van der Waals surface area contributed by atoms with Crippen molar-refractivity contribution < 1.29 is 4.74 Å². The summed E-state index contributed by atoms with van der Waals surface area (Å²) in [5, 5.41) is 0. The highest BCUT2D eigenvalue weighted by molar-refractivity contribution is 9.10. The molecular formula is C14H10Br2N2OS. The highest BCUT2D eigenvalue weighted by atomic mass is 79.9. The minimum atomic E-state index is 0.634. The van der Waals surface area contributed by atoms with Gasteiger partial charge in [0.05, 0.1) is 23.8 Å². The van der Waals surface area contributed by atoms with Crippen LogP contribution >= 0.6 is 44.1 Å². The smallest absolute Gasteiger partial charge is 0.182 e. The van der Waals surface area contributed by atoms with Crippen molar-refractivity contribution in [2.75, 3.05) is 7.11 Å². The fraction of sp³-hybridized carbons (Fsp3) is 0.0714. The van der Waals surface area contributed by atoms with Crippen LogP contribution in [0.5, 0.6) is 5.75 Å². The molecule has 0 fully saturated rings. The third-order valence-electron chi connectivity index (χ3n) is 3.03. The van der Waals surface area contributed by atoms with Crippen molar-refractivity contribution in [1.29, 1.82) is 0 Å². The minimum Gasteiger partial charge on any atom is -0.495 e. The molecular weight excluding hydrogens is 404 g/mol. The molecule has 0 aliphatic heterocycles. The number of H-pyrrole nitrogens is 1. The lowest BCUT2D eigenvalue weighted by Gasteiger charge is -2.11. The molecule has 0 bridgehead atoms. The van der Waals surface area contributed by atoms with Crippen molar-refractivity contribution in [1.82, 2.24) is 9.55 Å². The van der Waals surface area contributed by atoms with Gasteiger partial charge in [0.2, 0.25) is 0 Å². The summed E-state index contributed by atoms with van der Waals surface area (Å²) in [6, 6.07) is 11.9. The Balaban J connectivity index is 2.40. The van der Waals surface area contributed by atoms with E-state index in [0.717, 1.165) is 31.4 Å². The van der Waals surface area contributed by atoms with Crippen molar-refractivity contribution in [3.63, 3.8) is 0 Å². The molecule has 0 saturated heterocycles. The molecule has 0 aliphatic carbocycles. The van der Waals surface area contributed by atoms with Gasteiger partial charge in [0.25, 0.3) is 0 Å². The summed E-state index contributed by atoms with van der Waals surface area (Å²) in [6.45, 7) is 0. The summed E-state index contributed by atoms with van der Waals surface area (Å²) in [5.41, 5.74) is 2.89. The molecule has 0 unspecified atom stereocenters. The van der Waals surface area contributed by atoms with E-state index >= 15 is 0 Å². The maximum Gasteiger partial charge on any atom is 0.182 e. The molecule has 0 atom stereocenters. The molecule has 0 aliphatic rings. The van der Waals surface area contributed by atoms with Gasteiger partial charge >= 0.3 is 0 Å². The number of fused-ring (bicyclic) bond motifs is 1. The fourth-order valence-electron chi connectivity index (χ4n) is 2.15. The average Bonchev–Trinajstić information content (AvgIpc) is 2.74. The van der Waals surface area contributed by atoms with Gasteiger partial charge in [0.15, 0.2) is 4.77 Å². The van der Waals surface area contributed by atoms with Gasteiger partial charge in [-0.1, -0.05) is 31.9 Å². The number of rotatable bonds is 2. The molecule has 0 amide bonds. The van der Waals surface area contributed by atoms with Crippen molar-refractivity contribution in [3.05, 3.63) is 50.1 Å². The van der Waals surface area contributed by atoms with Gasteiger partial charge in [0, 0.05) is 8.95 Å². The molecule has 1 N–H and O–H groups in total. The first-order valence-electron chi connectivity index (χ1n) is 5.84. The van der Waals surface area contributed by atoms with Gasteiger partial charge in [-0.2, -0.15) is 0 Å². The first-order chi connectivity index (χ1) is 9.60. The lowest BCUT2D eigenvalue weighted by Crippen LogP contribution is -1.98. The summed E-state index contributed by atoms with van der Waals surface area (Å²) in [4.78, 5) is 3.21. The third kappa shape index (κ3) is 2.32. The molecule has 1 aromatic heterocycles. The molecule has 6 heteroatoms. The second-order valence-corrected chi connectivity index (χ2v) is 6.46. The van der Waals surface area contributed by atoms with E-state index in [2.05, 4.69) is 36.8 Å². The van der Waals surface area contributed by atoms with E-state index in [-0.39, 0.29) is 0 Å². The number of aromatic amines is 1. The predicted molar refractivity (Wildman–Crippen MR) is 90.4 cm³/mol. The molecule has 3 rings (SSSR count). The number of hydrogen-bond acceptors (Lipinski definition) is 2. The Morgan fingerprint density at radius 1 is 1.10 bits per heavy atom. The molecule has 0 spiro atoms. The Hall–Kier alpha value is -1.11. The number of methoxy groups -OCH3 is 1. The van der Waals surface area contributed by atoms with Crippen molar-refractivity contribution >= 4 is 55.1 Å². The number of nitrogens with zero attached hydrogens (tertiary/aromatic N) is 1.